The van der Waals surface area contributed by atoms with Crippen LogP contribution in [0.5, 0.6) is 0 Å². The number of aryl methyl sites for hydroxylation is 2. The molecule has 0 aliphatic carbocycles. The molecule has 2 aromatic carbocycles. The maximum absolute atomic E-state index is 12.6. The highest BCUT2D eigenvalue weighted by molar-refractivity contribution is 7.93. The molecule has 0 aliphatic rings. The fraction of sp³-hybridized carbons (Fsp3) is 0.200. The van der Waals surface area contributed by atoms with Crippen LogP contribution in [0.25, 0.3) is 0 Å². The van der Waals surface area contributed by atoms with E-state index >= 15 is 0 Å². The minimum Gasteiger partial charge on any atom is -0.282 e. The summed E-state index contributed by atoms with van der Waals surface area (Å²) in [5, 5.41) is 0. The lowest BCUT2D eigenvalue weighted by atomic mass is 10.2. The van der Waals surface area contributed by atoms with Crippen molar-refractivity contribution in [3.63, 3.8) is 0 Å². The number of nitrogens with one attached hydrogen (secondary N) is 2. The van der Waals surface area contributed by atoms with Crippen molar-refractivity contribution in [2.75, 3.05) is 15.7 Å². The molecule has 0 unspecified atom stereocenters. The minimum atomic E-state index is -3.83. The average molecular weight is 354 g/mol. The lowest BCUT2D eigenvalue weighted by Crippen LogP contribution is -2.17. The van der Waals surface area contributed by atoms with E-state index in [2.05, 4.69) is 9.44 Å². The third-order valence-corrected chi connectivity index (χ3v) is 5.20. The first kappa shape index (κ1) is 17.3. The Balaban J connectivity index is 2.44. The van der Waals surface area contributed by atoms with Gasteiger partial charge in [0.15, 0.2) is 0 Å². The first-order chi connectivity index (χ1) is 10.6. The summed E-state index contributed by atoms with van der Waals surface area (Å²) in [6, 6.07) is 11.3. The Morgan fingerprint density at radius 2 is 1.39 bits per heavy atom. The highest BCUT2D eigenvalue weighted by Gasteiger charge is 2.19. The molecule has 2 rings (SSSR count). The van der Waals surface area contributed by atoms with Crippen LogP contribution >= 0.6 is 0 Å². The van der Waals surface area contributed by atoms with Crippen LogP contribution in [0.2, 0.25) is 0 Å². The van der Waals surface area contributed by atoms with Gasteiger partial charge in [0.2, 0.25) is 10.0 Å². The predicted octanol–water partition coefficient (Wildman–Crippen LogP) is 2.48. The molecular weight excluding hydrogens is 336 g/mol. The van der Waals surface area contributed by atoms with Gasteiger partial charge < -0.3 is 0 Å². The summed E-state index contributed by atoms with van der Waals surface area (Å²) in [5.41, 5.74) is 1.76. The molecular formula is C15H18N2O4S2. The summed E-state index contributed by atoms with van der Waals surface area (Å²) in [6.45, 7) is 3.51. The van der Waals surface area contributed by atoms with Crippen molar-refractivity contribution in [3.05, 3.63) is 53.6 Å². The topological polar surface area (TPSA) is 92.3 Å². The number of para-hydroxylation sites is 2. The van der Waals surface area contributed by atoms with Crippen LogP contribution in [0.3, 0.4) is 0 Å². The van der Waals surface area contributed by atoms with E-state index in [9.17, 15) is 16.8 Å². The van der Waals surface area contributed by atoms with E-state index in [0.29, 0.717) is 5.56 Å². The Morgan fingerprint density at radius 3 is 1.96 bits per heavy atom. The molecule has 0 fully saturated rings. The summed E-state index contributed by atoms with van der Waals surface area (Å²) < 4.78 is 52.7. The van der Waals surface area contributed by atoms with Crippen LogP contribution in [0.15, 0.2) is 47.4 Å². The second-order valence-electron chi connectivity index (χ2n) is 5.29. The summed E-state index contributed by atoms with van der Waals surface area (Å²) in [4.78, 5) is 0.159. The lowest BCUT2D eigenvalue weighted by Gasteiger charge is -2.14. The van der Waals surface area contributed by atoms with Gasteiger partial charge >= 0.3 is 0 Å². The van der Waals surface area contributed by atoms with Crippen LogP contribution in [0, 0.1) is 13.8 Å². The van der Waals surface area contributed by atoms with Crippen molar-refractivity contribution >= 4 is 31.4 Å². The van der Waals surface area contributed by atoms with Crippen molar-refractivity contribution in [2.24, 2.45) is 0 Å². The Bertz CT molecular complexity index is 936. The second kappa shape index (κ2) is 6.21. The van der Waals surface area contributed by atoms with Crippen LogP contribution in [-0.4, -0.2) is 23.1 Å². The molecule has 0 aliphatic heterocycles. The fourth-order valence-electron chi connectivity index (χ4n) is 2.06. The van der Waals surface area contributed by atoms with E-state index < -0.39 is 20.0 Å². The number of hydrogen-bond acceptors (Lipinski definition) is 4. The van der Waals surface area contributed by atoms with Crippen molar-refractivity contribution in [2.45, 2.75) is 18.7 Å². The highest BCUT2D eigenvalue weighted by Crippen LogP contribution is 2.26. The predicted molar refractivity (Wildman–Crippen MR) is 91.6 cm³/mol. The number of rotatable bonds is 5. The molecule has 0 heterocycles. The number of hydrogen-bond donors (Lipinski definition) is 2. The van der Waals surface area contributed by atoms with Gasteiger partial charge in [-0.2, -0.15) is 0 Å². The number of sulfonamides is 2. The lowest BCUT2D eigenvalue weighted by molar-refractivity contribution is 0.599. The zero-order valence-corrected chi connectivity index (χ0v) is 14.6. The molecule has 0 amide bonds. The van der Waals surface area contributed by atoms with Crippen molar-refractivity contribution in [1.29, 1.82) is 0 Å². The van der Waals surface area contributed by atoms with E-state index in [0.717, 1.165) is 11.8 Å². The minimum absolute atomic E-state index is 0.159. The van der Waals surface area contributed by atoms with Gasteiger partial charge in [-0.3, -0.25) is 9.44 Å². The molecule has 0 bridgehead atoms. The highest BCUT2D eigenvalue weighted by atomic mass is 32.2. The fourth-order valence-corrected chi connectivity index (χ4v) is 4.05. The first-order valence-electron chi connectivity index (χ1n) is 6.75. The van der Waals surface area contributed by atoms with Gasteiger partial charge in [0.25, 0.3) is 10.0 Å². The monoisotopic (exact) mass is 354 g/mol. The van der Waals surface area contributed by atoms with Crippen molar-refractivity contribution in [1.82, 2.24) is 0 Å². The van der Waals surface area contributed by atoms with E-state index in [1.807, 2.05) is 6.07 Å². The Morgan fingerprint density at radius 1 is 0.826 bits per heavy atom. The van der Waals surface area contributed by atoms with Gasteiger partial charge in [-0.05, 0) is 43.2 Å². The third-order valence-electron chi connectivity index (χ3n) is 3.10. The molecule has 0 spiro atoms. The number of benzene rings is 2. The largest absolute Gasteiger partial charge is 0.282 e. The number of anilines is 2. The molecule has 0 saturated heterocycles. The maximum atomic E-state index is 12.6. The zero-order chi connectivity index (χ0) is 17.3. The SMILES string of the molecule is Cc1ccc(C)c(S(=O)(=O)Nc2ccccc2NS(C)(=O)=O)c1. The zero-order valence-electron chi connectivity index (χ0n) is 13.0. The van der Waals surface area contributed by atoms with E-state index in [1.54, 1.807) is 38.1 Å². The van der Waals surface area contributed by atoms with Crippen LogP contribution in [0.1, 0.15) is 11.1 Å². The summed E-state index contributed by atoms with van der Waals surface area (Å²) in [6.07, 6.45) is 1.00. The normalized spacial score (nSPS) is 12.0. The summed E-state index contributed by atoms with van der Waals surface area (Å²) >= 11 is 0. The molecule has 2 aromatic rings. The summed E-state index contributed by atoms with van der Waals surface area (Å²) in [5.74, 6) is 0. The molecule has 8 heteroatoms. The van der Waals surface area contributed by atoms with Gasteiger partial charge in [0.05, 0.1) is 22.5 Å². The molecule has 0 saturated carbocycles. The van der Waals surface area contributed by atoms with Crippen molar-refractivity contribution < 1.29 is 16.8 Å². The van der Waals surface area contributed by atoms with E-state index in [-0.39, 0.29) is 16.3 Å². The van der Waals surface area contributed by atoms with Gasteiger partial charge in [-0.15, -0.1) is 0 Å². The van der Waals surface area contributed by atoms with Crippen molar-refractivity contribution in [3.8, 4) is 0 Å². The Hall–Kier alpha value is -2.06. The van der Waals surface area contributed by atoms with Crippen LogP contribution in [-0.2, 0) is 20.0 Å². The van der Waals surface area contributed by atoms with Crippen LogP contribution in [0.4, 0.5) is 11.4 Å². The Labute approximate surface area is 136 Å². The van der Waals surface area contributed by atoms with Gasteiger partial charge in [0, 0.05) is 0 Å². The molecule has 0 atom stereocenters. The first-order valence-corrected chi connectivity index (χ1v) is 10.1. The quantitative estimate of drug-likeness (QED) is 0.863. The standard InChI is InChI=1S/C15H18N2O4S2/c1-11-8-9-12(2)15(10-11)23(20,21)17-14-7-5-4-6-13(14)16-22(3,18)19/h4-10,16-17H,1-3H3. The third kappa shape index (κ3) is 4.46. The van der Waals surface area contributed by atoms with Crippen LogP contribution < -0.4 is 9.44 Å². The molecule has 124 valence electrons. The van der Waals surface area contributed by atoms with E-state index in [1.165, 1.54) is 12.1 Å². The molecule has 0 radical (unpaired) electrons. The average Bonchev–Trinajstić information content (AvgIpc) is 2.42. The second-order valence-corrected chi connectivity index (χ2v) is 8.69. The van der Waals surface area contributed by atoms with E-state index in [4.69, 9.17) is 0 Å². The molecule has 2 N–H and O–H groups in total. The summed E-state index contributed by atoms with van der Waals surface area (Å²) in [7, 11) is -7.35. The molecule has 0 aromatic heterocycles. The maximum Gasteiger partial charge on any atom is 0.262 e. The van der Waals surface area contributed by atoms with Gasteiger partial charge in [-0.25, -0.2) is 16.8 Å². The smallest absolute Gasteiger partial charge is 0.262 e. The molecule has 23 heavy (non-hydrogen) atoms. The van der Waals surface area contributed by atoms with Gasteiger partial charge in [-0.1, -0.05) is 24.3 Å². The van der Waals surface area contributed by atoms with Gasteiger partial charge in [0.1, 0.15) is 0 Å². The molecule has 6 nitrogen and oxygen atoms in total. The Kier molecular flexibility index (Phi) is 4.67.